The zero-order chi connectivity index (χ0) is 17.1. The van der Waals surface area contributed by atoms with E-state index in [0.29, 0.717) is 12.1 Å². The SMILES string of the molecule is Cn1cncc1CN1CCC2OCCN(CCN3CCCC3)C2CC1. The Kier molecular flexibility index (Phi) is 5.70. The van der Waals surface area contributed by atoms with Crippen LogP contribution < -0.4 is 0 Å². The average molecular weight is 348 g/mol. The highest BCUT2D eigenvalue weighted by molar-refractivity contribution is 4.98. The minimum atomic E-state index is 0.420. The fourth-order valence-electron chi connectivity index (χ4n) is 4.69. The van der Waals surface area contributed by atoms with Crippen LogP contribution in [0.4, 0.5) is 0 Å². The van der Waals surface area contributed by atoms with Crippen LogP contribution in [0.2, 0.25) is 0 Å². The van der Waals surface area contributed by atoms with E-state index in [1.807, 2.05) is 12.5 Å². The van der Waals surface area contributed by atoms with Crippen molar-refractivity contribution in [1.82, 2.24) is 24.3 Å². The standard InChI is InChI=1S/C19H33N5O/c1-21-16-20-14-17(21)15-23-8-4-18-19(5-9-23)25-13-12-24(18)11-10-22-6-2-3-7-22/h14,16,18-19H,2-13,15H2,1H3. The maximum Gasteiger partial charge on any atom is 0.0945 e. The molecule has 0 amide bonds. The van der Waals surface area contributed by atoms with Crippen LogP contribution >= 0.6 is 0 Å². The van der Waals surface area contributed by atoms with E-state index in [4.69, 9.17) is 4.74 Å². The normalized spacial score (nSPS) is 29.6. The molecule has 25 heavy (non-hydrogen) atoms. The lowest BCUT2D eigenvalue weighted by atomic mass is 10.0. The molecule has 6 heteroatoms. The van der Waals surface area contributed by atoms with Crippen molar-refractivity contribution in [2.45, 2.75) is 44.4 Å². The highest BCUT2D eigenvalue weighted by Crippen LogP contribution is 2.24. The molecular formula is C19H33N5O. The van der Waals surface area contributed by atoms with Crippen LogP contribution in [0.5, 0.6) is 0 Å². The third-order valence-electron chi connectivity index (χ3n) is 6.28. The Labute approximate surface area is 151 Å². The van der Waals surface area contributed by atoms with Gasteiger partial charge in [-0.15, -0.1) is 0 Å². The Morgan fingerprint density at radius 3 is 2.68 bits per heavy atom. The van der Waals surface area contributed by atoms with Gasteiger partial charge >= 0.3 is 0 Å². The molecule has 4 heterocycles. The molecule has 0 aliphatic carbocycles. The third kappa shape index (κ3) is 4.25. The van der Waals surface area contributed by atoms with Gasteiger partial charge in [0.25, 0.3) is 0 Å². The van der Waals surface area contributed by atoms with Crippen molar-refractivity contribution in [2.75, 3.05) is 52.4 Å². The number of nitrogens with zero attached hydrogens (tertiary/aromatic N) is 5. The summed E-state index contributed by atoms with van der Waals surface area (Å²) in [6, 6.07) is 0.605. The fourth-order valence-corrected chi connectivity index (χ4v) is 4.69. The smallest absolute Gasteiger partial charge is 0.0945 e. The predicted molar refractivity (Wildman–Crippen MR) is 98.5 cm³/mol. The molecule has 3 fully saturated rings. The summed E-state index contributed by atoms with van der Waals surface area (Å²) in [7, 11) is 2.09. The zero-order valence-electron chi connectivity index (χ0n) is 15.6. The Morgan fingerprint density at radius 1 is 1.04 bits per heavy atom. The van der Waals surface area contributed by atoms with Gasteiger partial charge in [-0.3, -0.25) is 9.80 Å². The van der Waals surface area contributed by atoms with E-state index in [1.165, 1.54) is 51.1 Å². The Hall–Kier alpha value is -0.950. The summed E-state index contributed by atoms with van der Waals surface area (Å²) in [5.41, 5.74) is 1.30. The van der Waals surface area contributed by atoms with E-state index >= 15 is 0 Å². The van der Waals surface area contributed by atoms with Crippen LogP contribution in [0.25, 0.3) is 0 Å². The largest absolute Gasteiger partial charge is 0.375 e. The van der Waals surface area contributed by atoms with Gasteiger partial charge in [0.1, 0.15) is 0 Å². The van der Waals surface area contributed by atoms with Gasteiger partial charge in [0.2, 0.25) is 0 Å². The molecule has 0 aromatic carbocycles. The molecule has 3 aliphatic heterocycles. The molecule has 0 radical (unpaired) electrons. The topological polar surface area (TPSA) is 36.8 Å². The van der Waals surface area contributed by atoms with E-state index in [0.717, 1.165) is 39.2 Å². The average Bonchev–Trinajstić information content (AvgIpc) is 3.23. The van der Waals surface area contributed by atoms with E-state index in [2.05, 4.69) is 31.3 Å². The van der Waals surface area contributed by atoms with E-state index in [1.54, 1.807) is 0 Å². The minimum Gasteiger partial charge on any atom is -0.375 e. The first kappa shape index (κ1) is 17.5. The molecule has 0 spiro atoms. The highest BCUT2D eigenvalue weighted by atomic mass is 16.5. The van der Waals surface area contributed by atoms with Crippen LogP contribution in [0.3, 0.4) is 0 Å². The number of likely N-dealkylation sites (tertiary alicyclic amines) is 2. The summed E-state index contributed by atoms with van der Waals surface area (Å²) < 4.78 is 8.31. The van der Waals surface area contributed by atoms with Crippen molar-refractivity contribution in [3.8, 4) is 0 Å². The summed E-state index contributed by atoms with van der Waals surface area (Å²) in [5, 5.41) is 0. The van der Waals surface area contributed by atoms with Crippen molar-refractivity contribution >= 4 is 0 Å². The molecule has 0 N–H and O–H groups in total. The van der Waals surface area contributed by atoms with Crippen LogP contribution in [0.15, 0.2) is 12.5 Å². The summed E-state index contributed by atoms with van der Waals surface area (Å²) >= 11 is 0. The molecule has 3 aliphatic rings. The van der Waals surface area contributed by atoms with Gasteiger partial charge in [-0.2, -0.15) is 0 Å². The summed E-state index contributed by atoms with van der Waals surface area (Å²) in [6.07, 6.45) is 9.47. The van der Waals surface area contributed by atoms with Crippen molar-refractivity contribution < 1.29 is 4.74 Å². The number of aromatic nitrogens is 2. The first-order valence-corrected chi connectivity index (χ1v) is 10.0. The Morgan fingerprint density at radius 2 is 1.88 bits per heavy atom. The lowest BCUT2D eigenvalue weighted by Gasteiger charge is -2.41. The Bertz CT molecular complexity index is 542. The summed E-state index contributed by atoms with van der Waals surface area (Å²) in [5.74, 6) is 0. The van der Waals surface area contributed by atoms with Gasteiger partial charge in [-0.25, -0.2) is 4.98 Å². The van der Waals surface area contributed by atoms with E-state index in [-0.39, 0.29) is 0 Å². The number of aryl methyl sites for hydroxylation is 1. The Balaban J connectivity index is 1.32. The maximum atomic E-state index is 6.17. The minimum absolute atomic E-state index is 0.420. The number of hydrogen-bond acceptors (Lipinski definition) is 5. The molecular weight excluding hydrogens is 314 g/mol. The van der Waals surface area contributed by atoms with Crippen molar-refractivity contribution in [2.24, 2.45) is 7.05 Å². The number of ether oxygens (including phenoxy) is 1. The fraction of sp³-hybridized carbons (Fsp3) is 0.842. The number of imidazole rings is 1. The molecule has 0 saturated carbocycles. The highest BCUT2D eigenvalue weighted by Gasteiger charge is 2.34. The summed E-state index contributed by atoms with van der Waals surface area (Å²) in [6.45, 7) is 10.4. The van der Waals surface area contributed by atoms with Gasteiger partial charge in [0, 0.05) is 58.6 Å². The zero-order valence-corrected chi connectivity index (χ0v) is 15.6. The van der Waals surface area contributed by atoms with Gasteiger partial charge in [-0.1, -0.05) is 0 Å². The van der Waals surface area contributed by atoms with Crippen molar-refractivity contribution in [3.63, 3.8) is 0 Å². The number of hydrogen-bond donors (Lipinski definition) is 0. The van der Waals surface area contributed by atoms with E-state index < -0.39 is 0 Å². The second-order valence-corrected chi connectivity index (χ2v) is 7.91. The van der Waals surface area contributed by atoms with Crippen molar-refractivity contribution in [1.29, 1.82) is 0 Å². The second-order valence-electron chi connectivity index (χ2n) is 7.91. The summed E-state index contributed by atoms with van der Waals surface area (Å²) in [4.78, 5) is 12.2. The maximum absolute atomic E-state index is 6.17. The van der Waals surface area contributed by atoms with Crippen LogP contribution in [0, 0.1) is 0 Å². The molecule has 0 bridgehead atoms. The van der Waals surface area contributed by atoms with Crippen LogP contribution in [0.1, 0.15) is 31.4 Å². The third-order valence-corrected chi connectivity index (χ3v) is 6.28. The lowest BCUT2D eigenvalue weighted by molar-refractivity contribution is -0.0728. The van der Waals surface area contributed by atoms with Gasteiger partial charge in [0.15, 0.2) is 0 Å². The molecule has 3 saturated heterocycles. The van der Waals surface area contributed by atoms with Gasteiger partial charge < -0.3 is 14.2 Å². The first-order valence-electron chi connectivity index (χ1n) is 10.0. The van der Waals surface area contributed by atoms with E-state index in [9.17, 15) is 0 Å². The molecule has 2 atom stereocenters. The first-order chi connectivity index (χ1) is 12.3. The molecule has 2 unspecified atom stereocenters. The molecule has 140 valence electrons. The quantitative estimate of drug-likeness (QED) is 0.800. The van der Waals surface area contributed by atoms with Crippen LogP contribution in [-0.2, 0) is 18.3 Å². The molecule has 1 aromatic rings. The predicted octanol–water partition coefficient (Wildman–Crippen LogP) is 1.18. The van der Waals surface area contributed by atoms with Crippen LogP contribution in [-0.4, -0.2) is 88.8 Å². The monoisotopic (exact) mass is 347 g/mol. The molecule has 1 aromatic heterocycles. The number of morpholine rings is 1. The van der Waals surface area contributed by atoms with Gasteiger partial charge in [0.05, 0.1) is 24.7 Å². The number of rotatable bonds is 5. The van der Waals surface area contributed by atoms with Crippen molar-refractivity contribution in [3.05, 3.63) is 18.2 Å². The lowest BCUT2D eigenvalue weighted by Crippen LogP contribution is -2.52. The molecule has 6 nitrogen and oxygen atoms in total. The second kappa shape index (κ2) is 8.16. The van der Waals surface area contributed by atoms with Gasteiger partial charge in [-0.05, 0) is 38.8 Å². The molecule has 4 rings (SSSR count). The number of fused-ring (bicyclic) bond motifs is 1.